The number of sulfonamides is 1. The molecule has 15 heteroatoms. The fourth-order valence-corrected chi connectivity index (χ4v) is 6.18. The number of carboxylic acids is 1. The van der Waals surface area contributed by atoms with E-state index in [4.69, 9.17) is 19.4 Å². The van der Waals surface area contributed by atoms with Gasteiger partial charge >= 0.3 is 12.1 Å². The van der Waals surface area contributed by atoms with Gasteiger partial charge in [-0.2, -0.15) is 17.5 Å². The van der Waals surface area contributed by atoms with E-state index in [2.05, 4.69) is 10.3 Å². The van der Waals surface area contributed by atoms with E-state index in [0.717, 1.165) is 23.4 Å². The maximum atomic E-state index is 13.3. The number of rotatable bonds is 7. The predicted octanol–water partition coefficient (Wildman–Crippen LogP) is 4.64. The summed E-state index contributed by atoms with van der Waals surface area (Å²) in [5, 5.41) is 12.2. The number of carbonyl (C=O) groups is 2. The zero-order chi connectivity index (χ0) is 29.5. The molecule has 40 heavy (non-hydrogen) atoms. The number of halogens is 3. The van der Waals surface area contributed by atoms with Crippen molar-refractivity contribution >= 4 is 38.4 Å². The number of benzene rings is 2. The number of hydrogen-bond donors (Lipinski definition) is 2. The Kier molecular flexibility index (Phi) is 10.1. The number of nitrogens with one attached hydrogen (secondary N) is 1. The second-order valence-electron chi connectivity index (χ2n) is 8.36. The van der Waals surface area contributed by atoms with Gasteiger partial charge in [-0.15, -0.1) is 11.3 Å². The summed E-state index contributed by atoms with van der Waals surface area (Å²) < 4.78 is 70.0. The summed E-state index contributed by atoms with van der Waals surface area (Å²) in [6.45, 7) is 0.284. The number of aliphatic carboxylic acids is 1. The molecule has 1 amide bonds. The number of anilines is 1. The number of nitrogens with zero attached hydrogens (tertiary/aromatic N) is 2. The normalized spacial score (nSPS) is 15.9. The van der Waals surface area contributed by atoms with Gasteiger partial charge in [-0.3, -0.25) is 4.79 Å². The van der Waals surface area contributed by atoms with E-state index in [1.165, 1.54) is 34.9 Å². The average Bonchev–Trinajstić information content (AvgIpc) is 3.41. The van der Waals surface area contributed by atoms with Gasteiger partial charge in [0.25, 0.3) is 0 Å². The number of carbonyl (C=O) groups excluding carboxylic acids is 1. The molecule has 4 rings (SSSR count). The Morgan fingerprint density at radius 2 is 1.73 bits per heavy atom. The largest absolute Gasteiger partial charge is 0.497 e. The van der Waals surface area contributed by atoms with Crippen molar-refractivity contribution in [3.8, 4) is 22.8 Å². The van der Waals surface area contributed by atoms with Gasteiger partial charge in [-0.25, -0.2) is 18.2 Å². The fraction of sp³-hybridized carbons (Fsp3) is 0.320. The molecular formula is C25H26F3N3O7S2. The molecule has 1 aliphatic rings. The second kappa shape index (κ2) is 13.1. The molecule has 0 saturated carbocycles. The SMILES string of the molecule is COc1ccc(-c2csc(NC(=O)[C@H]3CCCCN3S(=O)(=O)c3cccc(OC)c3)n2)cc1.O=C(O)C(F)(F)F. The maximum absolute atomic E-state index is 13.3. The first-order chi connectivity index (χ1) is 18.9. The van der Waals surface area contributed by atoms with Crippen LogP contribution in [0.3, 0.4) is 0 Å². The molecule has 0 spiro atoms. The van der Waals surface area contributed by atoms with Crippen LogP contribution in [0.1, 0.15) is 19.3 Å². The number of methoxy groups -OCH3 is 2. The molecule has 216 valence electrons. The van der Waals surface area contributed by atoms with Gasteiger partial charge in [-0.05, 0) is 49.2 Å². The lowest BCUT2D eigenvalue weighted by Gasteiger charge is -2.33. The minimum Gasteiger partial charge on any atom is -0.497 e. The number of amides is 1. The summed E-state index contributed by atoms with van der Waals surface area (Å²) in [6.07, 6.45) is -3.16. The third-order valence-electron chi connectivity index (χ3n) is 5.77. The van der Waals surface area contributed by atoms with Crippen molar-refractivity contribution in [1.82, 2.24) is 9.29 Å². The molecule has 0 radical (unpaired) electrons. The summed E-state index contributed by atoms with van der Waals surface area (Å²) in [5.74, 6) is -1.94. The minimum absolute atomic E-state index is 0.109. The van der Waals surface area contributed by atoms with Gasteiger partial charge in [0.1, 0.15) is 17.5 Å². The molecule has 2 heterocycles. The molecular weight excluding hydrogens is 575 g/mol. The first kappa shape index (κ1) is 30.8. The lowest BCUT2D eigenvalue weighted by atomic mass is 10.0. The van der Waals surface area contributed by atoms with E-state index in [1.54, 1.807) is 19.2 Å². The summed E-state index contributed by atoms with van der Waals surface area (Å²) in [4.78, 5) is 26.6. The third-order valence-corrected chi connectivity index (χ3v) is 8.43. The van der Waals surface area contributed by atoms with Crippen LogP contribution in [0.5, 0.6) is 11.5 Å². The van der Waals surface area contributed by atoms with Crippen molar-refractivity contribution in [3.63, 3.8) is 0 Å². The molecule has 1 aromatic heterocycles. The van der Waals surface area contributed by atoms with Crippen LogP contribution < -0.4 is 14.8 Å². The Hall–Kier alpha value is -3.69. The molecule has 0 bridgehead atoms. The molecule has 2 N–H and O–H groups in total. The Bertz CT molecular complexity index is 1430. The average molecular weight is 602 g/mol. The maximum Gasteiger partial charge on any atom is 0.490 e. The quantitative estimate of drug-likeness (QED) is 0.400. The molecule has 10 nitrogen and oxygen atoms in total. The van der Waals surface area contributed by atoms with Crippen LogP contribution in [0.15, 0.2) is 58.8 Å². The summed E-state index contributed by atoms with van der Waals surface area (Å²) in [5.41, 5.74) is 1.62. The molecule has 0 aliphatic carbocycles. The molecule has 0 unspecified atom stereocenters. The van der Waals surface area contributed by atoms with Gasteiger partial charge in [0, 0.05) is 23.6 Å². The summed E-state index contributed by atoms with van der Waals surface area (Å²) in [6, 6.07) is 13.0. The van der Waals surface area contributed by atoms with Crippen molar-refractivity contribution in [2.45, 2.75) is 36.4 Å². The highest BCUT2D eigenvalue weighted by Crippen LogP contribution is 2.30. The summed E-state index contributed by atoms with van der Waals surface area (Å²) >= 11 is 1.30. The highest BCUT2D eigenvalue weighted by Gasteiger charge is 2.39. The second-order valence-corrected chi connectivity index (χ2v) is 11.1. The van der Waals surface area contributed by atoms with E-state index >= 15 is 0 Å². The number of alkyl halides is 3. The first-order valence-corrected chi connectivity index (χ1v) is 14.1. The topological polar surface area (TPSA) is 135 Å². The zero-order valence-electron chi connectivity index (χ0n) is 21.3. The van der Waals surface area contributed by atoms with Gasteiger partial charge in [0.2, 0.25) is 15.9 Å². The number of piperidine rings is 1. The number of hydrogen-bond acceptors (Lipinski definition) is 8. The number of aromatic nitrogens is 1. The zero-order valence-corrected chi connectivity index (χ0v) is 23.0. The smallest absolute Gasteiger partial charge is 0.490 e. The van der Waals surface area contributed by atoms with Crippen LogP contribution in [-0.4, -0.2) is 67.7 Å². The Morgan fingerprint density at radius 3 is 2.33 bits per heavy atom. The van der Waals surface area contributed by atoms with Crippen LogP contribution in [0.25, 0.3) is 11.3 Å². The Labute approximate surface area is 232 Å². The molecule has 1 atom stereocenters. The summed E-state index contributed by atoms with van der Waals surface area (Å²) in [7, 11) is -0.773. The first-order valence-electron chi connectivity index (χ1n) is 11.7. The molecule has 2 aromatic carbocycles. The fourth-order valence-electron chi connectivity index (χ4n) is 3.77. The van der Waals surface area contributed by atoms with Gasteiger partial charge < -0.3 is 19.9 Å². The molecule has 1 fully saturated rings. The monoisotopic (exact) mass is 601 g/mol. The number of carboxylic acid groups (broad SMARTS) is 1. The lowest BCUT2D eigenvalue weighted by molar-refractivity contribution is -0.192. The van der Waals surface area contributed by atoms with Crippen molar-refractivity contribution < 1.29 is 45.8 Å². The Balaban J connectivity index is 0.000000559. The minimum atomic E-state index is -5.08. The molecule has 3 aromatic rings. The van der Waals surface area contributed by atoms with E-state index in [9.17, 15) is 26.4 Å². The molecule has 1 saturated heterocycles. The van der Waals surface area contributed by atoms with Crippen molar-refractivity contribution in [3.05, 3.63) is 53.9 Å². The van der Waals surface area contributed by atoms with Gasteiger partial charge in [0.15, 0.2) is 5.13 Å². The van der Waals surface area contributed by atoms with Crippen LogP contribution in [0.2, 0.25) is 0 Å². The van der Waals surface area contributed by atoms with Crippen LogP contribution in [0.4, 0.5) is 18.3 Å². The van der Waals surface area contributed by atoms with Crippen LogP contribution in [-0.2, 0) is 19.6 Å². The number of thiazole rings is 1. The highest BCUT2D eigenvalue weighted by molar-refractivity contribution is 7.89. The van der Waals surface area contributed by atoms with Crippen LogP contribution in [0, 0.1) is 0 Å². The third kappa shape index (κ3) is 7.70. The highest BCUT2D eigenvalue weighted by atomic mass is 32.2. The lowest BCUT2D eigenvalue weighted by Crippen LogP contribution is -2.49. The van der Waals surface area contributed by atoms with Crippen molar-refractivity contribution in [1.29, 1.82) is 0 Å². The number of ether oxygens (including phenoxy) is 2. The predicted molar refractivity (Wildman–Crippen MR) is 141 cm³/mol. The van der Waals surface area contributed by atoms with E-state index in [-0.39, 0.29) is 17.3 Å². The van der Waals surface area contributed by atoms with E-state index in [0.29, 0.717) is 23.7 Å². The van der Waals surface area contributed by atoms with Gasteiger partial charge in [0.05, 0.1) is 24.8 Å². The van der Waals surface area contributed by atoms with E-state index < -0.39 is 28.2 Å². The van der Waals surface area contributed by atoms with Crippen molar-refractivity contribution in [2.24, 2.45) is 0 Å². The van der Waals surface area contributed by atoms with Gasteiger partial charge in [-0.1, -0.05) is 12.5 Å². The Morgan fingerprint density at radius 1 is 1.07 bits per heavy atom. The van der Waals surface area contributed by atoms with Crippen molar-refractivity contribution in [2.75, 3.05) is 26.1 Å². The molecule has 1 aliphatic heterocycles. The van der Waals surface area contributed by atoms with E-state index in [1.807, 2.05) is 29.6 Å². The standard InChI is InChI=1S/C23H25N3O5S2.C2HF3O2/c1-30-17-11-9-16(10-12-17)20-15-32-23(24-20)25-22(27)21-8-3-4-13-26(21)33(28,29)19-7-5-6-18(14-19)31-2;3-2(4,5)1(6)7/h5-7,9-12,14-15,21H,3-4,8,13H2,1-2H3,(H,24,25,27);(H,6,7)/t21-;/m1./s1. The van der Waals surface area contributed by atoms with Crippen LogP contribution >= 0.6 is 11.3 Å².